The summed E-state index contributed by atoms with van der Waals surface area (Å²) in [6, 6.07) is 9.66. The number of hydrogen-bond acceptors (Lipinski definition) is 6. The molecule has 1 amide bonds. The maximum Gasteiger partial charge on any atom is 0.263 e. The third-order valence-corrected chi connectivity index (χ3v) is 7.85. The molecule has 1 aliphatic heterocycles. The van der Waals surface area contributed by atoms with Gasteiger partial charge in [0.1, 0.15) is 4.83 Å². The van der Waals surface area contributed by atoms with Gasteiger partial charge in [-0.1, -0.05) is 36.9 Å². The van der Waals surface area contributed by atoms with Crippen molar-refractivity contribution in [1.82, 2.24) is 9.55 Å². The molecule has 1 saturated heterocycles. The summed E-state index contributed by atoms with van der Waals surface area (Å²) in [6.45, 7) is 7.88. The molecule has 0 aliphatic carbocycles. The maximum absolute atomic E-state index is 13.6. The van der Waals surface area contributed by atoms with Crippen molar-refractivity contribution in [3.05, 3.63) is 51.1 Å². The first-order valence-electron chi connectivity index (χ1n) is 11.2. The van der Waals surface area contributed by atoms with Crippen molar-refractivity contribution in [2.45, 2.75) is 57.8 Å². The second-order valence-corrected chi connectivity index (χ2v) is 10.0. The summed E-state index contributed by atoms with van der Waals surface area (Å²) in [5.74, 6) is 0.218. The Hall–Kier alpha value is -2.16. The number of nitrogens with zero attached hydrogens (tertiary/aromatic N) is 3. The van der Waals surface area contributed by atoms with Gasteiger partial charge in [-0.15, -0.1) is 11.3 Å². The molecular formula is C24H29N3O3S2. The number of carbonyl (C=O) groups excluding carboxylic acids is 1. The summed E-state index contributed by atoms with van der Waals surface area (Å²) in [6.07, 6.45) is 2.77. The lowest BCUT2D eigenvalue weighted by atomic mass is 10.1. The van der Waals surface area contributed by atoms with E-state index in [1.165, 1.54) is 11.8 Å². The van der Waals surface area contributed by atoms with Crippen LogP contribution in [0.1, 0.15) is 37.1 Å². The highest BCUT2D eigenvalue weighted by molar-refractivity contribution is 7.99. The molecule has 170 valence electrons. The Balaban J connectivity index is 1.66. The predicted molar refractivity (Wildman–Crippen MR) is 132 cm³/mol. The summed E-state index contributed by atoms with van der Waals surface area (Å²) >= 11 is 2.90. The number of thiophene rings is 1. The quantitative estimate of drug-likeness (QED) is 0.353. The standard InChI is InChI=1S/C24H29N3O3S2/c1-4-19-16(3)32-22-21(19)23(29)27(14-18-12-9-13-30-18)24(25-22)31-15-20(28)26(5-2)17-10-7-6-8-11-17/h6-8,10-11,18H,4-5,9,12-15H2,1-3H3. The highest BCUT2D eigenvalue weighted by atomic mass is 32.2. The van der Waals surface area contributed by atoms with E-state index in [1.54, 1.807) is 20.8 Å². The van der Waals surface area contributed by atoms with Crippen LogP contribution in [0.25, 0.3) is 10.2 Å². The fraction of sp³-hybridized carbons (Fsp3) is 0.458. The van der Waals surface area contributed by atoms with Gasteiger partial charge in [-0.25, -0.2) is 4.98 Å². The lowest BCUT2D eigenvalue weighted by Gasteiger charge is -2.21. The molecule has 6 nitrogen and oxygen atoms in total. The Morgan fingerprint density at radius 2 is 2.09 bits per heavy atom. The fourth-order valence-corrected chi connectivity index (χ4v) is 6.27. The maximum atomic E-state index is 13.6. The highest BCUT2D eigenvalue weighted by Crippen LogP contribution is 2.30. The summed E-state index contributed by atoms with van der Waals surface area (Å²) < 4.78 is 7.55. The molecule has 0 spiro atoms. The minimum atomic E-state index is -0.0166. The smallest absolute Gasteiger partial charge is 0.263 e. The van der Waals surface area contributed by atoms with E-state index >= 15 is 0 Å². The number of rotatable bonds is 8. The van der Waals surface area contributed by atoms with Gasteiger partial charge in [-0.3, -0.25) is 14.2 Å². The molecule has 1 atom stereocenters. The predicted octanol–water partition coefficient (Wildman–Crippen LogP) is 4.65. The summed E-state index contributed by atoms with van der Waals surface area (Å²) in [7, 11) is 0. The Bertz CT molecular complexity index is 1150. The molecule has 1 aromatic carbocycles. The largest absolute Gasteiger partial charge is 0.376 e. The number of fused-ring (bicyclic) bond motifs is 1. The average Bonchev–Trinajstić information content (AvgIpc) is 3.42. The number of anilines is 1. The molecule has 0 saturated carbocycles. The molecule has 0 radical (unpaired) electrons. The molecule has 1 unspecified atom stereocenters. The van der Waals surface area contributed by atoms with Crippen LogP contribution in [0.3, 0.4) is 0 Å². The zero-order valence-corrected chi connectivity index (χ0v) is 20.4. The van der Waals surface area contributed by atoms with Crippen LogP contribution in [0, 0.1) is 6.92 Å². The van der Waals surface area contributed by atoms with E-state index in [1.807, 2.05) is 44.2 Å². The average molecular weight is 472 g/mol. The fourth-order valence-electron chi connectivity index (χ4n) is 4.24. The lowest BCUT2D eigenvalue weighted by Crippen LogP contribution is -2.33. The van der Waals surface area contributed by atoms with Crippen LogP contribution in [0.4, 0.5) is 5.69 Å². The van der Waals surface area contributed by atoms with Crippen molar-refractivity contribution in [2.75, 3.05) is 23.8 Å². The van der Waals surface area contributed by atoms with Crippen LogP contribution in [-0.4, -0.2) is 40.5 Å². The van der Waals surface area contributed by atoms with Crippen molar-refractivity contribution in [1.29, 1.82) is 0 Å². The number of amides is 1. The van der Waals surface area contributed by atoms with Crippen LogP contribution in [0.15, 0.2) is 40.3 Å². The first-order valence-corrected chi connectivity index (χ1v) is 13.0. The lowest BCUT2D eigenvalue weighted by molar-refractivity contribution is -0.116. The minimum absolute atomic E-state index is 0.00156. The minimum Gasteiger partial charge on any atom is -0.376 e. The number of carbonyl (C=O) groups is 1. The van der Waals surface area contributed by atoms with E-state index in [0.717, 1.165) is 52.2 Å². The summed E-state index contributed by atoms with van der Waals surface area (Å²) in [5, 5.41) is 1.32. The van der Waals surface area contributed by atoms with Gasteiger partial charge in [-0.05, 0) is 50.8 Å². The number of ether oxygens (including phenoxy) is 1. The second kappa shape index (κ2) is 10.2. The van der Waals surface area contributed by atoms with E-state index in [9.17, 15) is 9.59 Å². The SMILES string of the molecule is CCc1c(C)sc2nc(SCC(=O)N(CC)c3ccccc3)n(CC3CCCO3)c(=O)c12. The Morgan fingerprint density at radius 1 is 1.31 bits per heavy atom. The van der Waals surface area contributed by atoms with E-state index < -0.39 is 0 Å². The molecule has 0 N–H and O–H groups in total. The van der Waals surface area contributed by atoms with Gasteiger partial charge in [0.2, 0.25) is 5.91 Å². The molecule has 0 bridgehead atoms. The van der Waals surface area contributed by atoms with Gasteiger partial charge >= 0.3 is 0 Å². The van der Waals surface area contributed by atoms with E-state index in [2.05, 4.69) is 6.92 Å². The van der Waals surface area contributed by atoms with E-state index in [0.29, 0.717) is 18.2 Å². The number of para-hydroxylation sites is 1. The zero-order chi connectivity index (χ0) is 22.7. The molecule has 32 heavy (non-hydrogen) atoms. The molecule has 1 fully saturated rings. The van der Waals surface area contributed by atoms with Crippen molar-refractivity contribution >= 4 is 44.9 Å². The zero-order valence-electron chi connectivity index (χ0n) is 18.8. The van der Waals surface area contributed by atoms with Crippen LogP contribution in [-0.2, 0) is 22.5 Å². The number of aryl methyl sites for hydroxylation is 2. The number of aromatic nitrogens is 2. The molecule has 3 heterocycles. The third-order valence-electron chi connectivity index (χ3n) is 5.85. The van der Waals surface area contributed by atoms with Crippen molar-refractivity contribution in [2.24, 2.45) is 0 Å². The Labute approximate surface area is 196 Å². The molecule has 8 heteroatoms. The van der Waals surface area contributed by atoms with Crippen LogP contribution in [0.2, 0.25) is 0 Å². The van der Waals surface area contributed by atoms with Gasteiger partial charge in [-0.2, -0.15) is 0 Å². The number of hydrogen-bond donors (Lipinski definition) is 0. The van der Waals surface area contributed by atoms with Crippen LogP contribution < -0.4 is 10.5 Å². The highest BCUT2D eigenvalue weighted by Gasteiger charge is 2.24. The van der Waals surface area contributed by atoms with Gasteiger partial charge in [0.25, 0.3) is 5.56 Å². The van der Waals surface area contributed by atoms with Gasteiger partial charge in [0.05, 0.1) is 23.8 Å². The summed E-state index contributed by atoms with van der Waals surface area (Å²) in [4.78, 5) is 35.1. The molecule has 3 aromatic rings. The molecule has 2 aromatic heterocycles. The van der Waals surface area contributed by atoms with Crippen molar-refractivity contribution in [3.8, 4) is 0 Å². The normalized spacial score (nSPS) is 16.0. The molecule has 1 aliphatic rings. The van der Waals surface area contributed by atoms with Gasteiger partial charge in [0, 0.05) is 23.7 Å². The van der Waals surface area contributed by atoms with Crippen LogP contribution >= 0.6 is 23.1 Å². The van der Waals surface area contributed by atoms with Crippen LogP contribution in [0.5, 0.6) is 0 Å². The van der Waals surface area contributed by atoms with Gasteiger partial charge < -0.3 is 9.64 Å². The van der Waals surface area contributed by atoms with Crippen molar-refractivity contribution in [3.63, 3.8) is 0 Å². The Kier molecular flexibility index (Phi) is 7.33. The third kappa shape index (κ3) is 4.63. The topological polar surface area (TPSA) is 64.4 Å². The Morgan fingerprint density at radius 3 is 2.75 bits per heavy atom. The monoisotopic (exact) mass is 471 g/mol. The van der Waals surface area contributed by atoms with Crippen molar-refractivity contribution < 1.29 is 9.53 Å². The first kappa shape index (κ1) is 23.0. The first-order chi connectivity index (χ1) is 15.5. The number of benzene rings is 1. The number of thioether (sulfide) groups is 1. The van der Waals surface area contributed by atoms with E-state index in [4.69, 9.17) is 9.72 Å². The molecule has 4 rings (SSSR count). The summed E-state index contributed by atoms with van der Waals surface area (Å²) in [5.41, 5.74) is 1.94. The van der Waals surface area contributed by atoms with E-state index in [-0.39, 0.29) is 23.3 Å². The second-order valence-electron chi connectivity index (χ2n) is 7.88. The molecular weight excluding hydrogens is 442 g/mol. The van der Waals surface area contributed by atoms with Gasteiger partial charge in [0.15, 0.2) is 5.16 Å².